The average Bonchev–Trinajstić information content (AvgIpc) is 2.47. The first-order valence-corrected chi connectivity index (χ1v) is 8.21. The van der Waals surface area contributed by atoms with Gasteiger partial charge in [-0.3, -0.25) is 9.80 Å². The summed E-state index contributed by atoms with van der Waals surface area (Å²) in [6, 6.07) is 11.2. The molecule has 1 heterocycles. The highest BCUT2D eigenvalue weighted by molar-refractivity contribution is 5.20. The zero-order chi connectivity index (χ0) is 15.5. The number of hydrogen-bond acceptors (Lipinski definition) is 3. The summed E-state index contributed by atoms with van der Waals surface area (Å²) in [4.78, 5) is 5.14. The standard InChI is InChI=1S/C18H31N3/c1-5-21-12-11-20(13-15(21)2)14-18(3,4)17(19)16-9-7-6-8-10-16/h6-10,15,17H,5,11-14,19H2,1-4H3. The number of rotatable bonds is 5. The number of nitrogens with zero attached hydrogens (tertiary/aromatic N) is 2. The van der Waals surface area contributed by atoms with E-state index in [0.29, 0.717) is 6.04 Å². The number of nitrogens with two attached hydrogens (primary N) is 1. The second kappa shape index (κ2) is 6.91. The Bertz CT molecular complexity index is 429. The van der Waals surface area contributed by atoms with E-state index in [9.17, 15) is 0 Å². The molecule has 1 saturated heterocycles. The lowest BCUT2D eigenvalue weighted by Crippen LogP contribution is -2.54. The van der Waals surface area contributed by atoms with E-state index in [1.54, 1.807) is 0 Å². The van der Waals surface area contributed by atoms with E-state index in [4.69, 9.17) is 5.73 Å². The predicted octanol–water partition coefficient (Wildman–Crippen LogP) is 2.74. The molecular weight excluding hydrogens is 258 g/mol. The molecule has 2 unspecified atom stereocenters. The van der Waals surface area contributed by atoms with Crippen LogP contribution in [-0.2, 0) is 0 Å². The van der Waals surface area contributed by atoms with Gasteiger partial charge in [0.15, 0.2) is 0 Å². The van der Waals surface area contributed by atoms with Crippen molar-refractivity contribution in [2.45, 2.75) is 39.8 Å². The molecule has 0 saturated carbocycles. The lowest BCUT2D eigenvalue weighted by molar-refractivity contribution is 0.0554. The van der Waals surface area contributed by atoms with Crippen molar-refractivity contribution in [3.8, 4) is 0 Å². The normalized spacial score (nSPS) is 23.2. The van der Waals surface area contributed by atoms with Gasteiger partial charge in [0.25, 0.3) is 0 Å². The topological polar surface area (TPSA) is 32.5 Å². The molecule has 0 amide bonds. The van der Waals surface area contributed by atoms with Crippen molar-refractivity contribution >= 4 is 0 Å². The maximum absolute atomic E-state index is 6.54. The molecule has 0 radical (unpaired) electrons. The van der Waals surface area contributed by atoms with E-state index in [2.05, 4.69) is 67.8 Å². The summed E-state index contributed by atoms with van der Waals surface area (Å²) >= 11 is 0. The monoisotopic (exact) mass is 289 g/mol. The van der Waals surface area contributed by atoms with Crippen molar-refractivity contribution in [1.82, 2.24) is 9.80 Å². The lowest BCUT2D eigenvalue weighted by Gasteiger charge is -2.44. The maximum atomic E-state index is 6.54. The van der Waals surface area contributed by atoms with Crippen LogP contribution in [-0.4, -0.2) is 48.6 Å². The summed E-state index contributed by atoms with van der Waals surface area (Å²) in [6.45, 7) is 14.9. The molecular formula is C18H31N3. The fourth-order valence-electron chi connectivity index (χ4n) is 3.47. The van der Waals surface area contributed by atoms with Crippen molar-refractivity contribution in [1.29, 1.82) is 0 Å². The summed E-state index contributed by atoms with van der Waals surface area (Å²) in [5, 5.41) is 0. The van der Waals surface area contributed by atoms with Crippen LogP contribution in [0.5, 0.6) is 0 Å². The summed E-state index contributed by atoms with van der Waals surface area (Å²) in [5.41, 5.74) is 7.86. The molecule has 0 aromatic heterocycles. The third-order valence-electron chi connectivity index (χ3n) is 4.89. The van der Waals surface area contributed by atoms with Gasteiger partial charge in [-0.1, -0.05) is 51.1 Å². The number of benzene rings is 1. The molecule has 21 heavy (non-hydrogen) atoms. The highest BCUT2D eigenvalue weighted by Crippen LogP contribution is 2.32. The van der Waals surface area contributed by atoms with Gasteiger partial charge in [-0.2, -0.15) is 0 Å². The predicted molar refractivity (Wildman–Crippen MR) is 90.3 cm³/mol. The number of piperazine rings is 1. The first-order valence-electron chi connectivity index (χ1n) is 8.21. The summed E-state index contributed by atoms with van der Waals surface area (Å²) in [7, 11) is 0. The van der Waals surface area contributed by atoms with E-state index in [-0.39, 0.29) is 11.5 Å². The molecule has 1 aromatic rings. The van der Waals surface area contributed by atoms with Crippen LogP contribution in [0.15, 0.2) is 30.3 Å². The molecule has 3 nitrogen and oxygen atoms in total. The Labute approximate surface area is 130 Å². The molecule has 2 atom stereocenters. The highest BCUT2D eigenvalue weighted by Gasteiger charge is 2.32. The van der Waals surface area contributed by atoms with E-state index in [1.807, 2.05) is 0 Å². The minimum atomic E-state index is 0.0788. The van der Waals surface area contributed by atoms with Crippen molar-refractivity contribution in [3.05, 3.63) is 35.9 Å². The zero-order valence-electron chi connectivity index (χ0n) is 14.0. The van der Waals surface area contributed by atoms with Crippen LogP contribution < -0.4 is 5.73 Å². The van der Waals surface area contributed by atoms with Crippen LogP contribution in [0, 0.1) is 5.41 Å². The Morgan fingerprint density at radius 3 is 2.48 bits per heavy atom. The summed E-state index contributed by atoms with van der Waals surface area (Å²) in [6.07, 6.45) is 0. The van der Waals surface area contributed by atoms with Crippen LogP contribution in [0.2, 0.25) is 0 Å². The summed E-state index contributed by atoms with van der Waals surface area (Å²) < 4.78 is 0. The van der Waals surface area contributed by atoms with E-state index < -0.39 is 0 Å². The van der Waals surface area contributed by atoms with Gasteiger partial charge in [-0.15, -0.1) is 0 Å². The quantitative estimate of drug-likeness (QED) is 0.904. The van der Waals surface area contributed by atoms with Crippen molar-refractivity contribution in [3.63, 3.8) is 0 Å². The Balaban J connectivity index is 1.98. The van der Waals surface area contributed by atoms with Crippen LogP contribution in [0.3, 0.4) is 0 Å². The zero-order valence-corrected chi connectivity index (χ0v) is 14.0. The van der Waals surface area contributed by atoms with Crippen LogP contribution in [0.1, 0.15) is 39.3 Å². The van der Waals surface area contributed by atoms with Crippen molar-refractivity contribution < 1.29 is 0 Å². The molecule has 3 heteroatoms. The molecule has 1 aliphatic rings. The molecule has 0 spiro atoms. The second-order valence-electron chi connectivity index (χ2n) is 7.09. The van der Waals surface area contributed by atoms with Gasteiger partial charge < -0.3 is 5.73 Å². The van der Waals surface area contributed by atoms with Gasteiger partial charge in [0, 0.05) is 38.3 Å². The SMILES string of the molecule is CCN1CCN(CC(C)(C)C(N)c2ccccc2)CC1C. The fourth-order valence-corrected chi connectivity index (χ4v) is 3.47. The van der Waals surface area contributed by atoms with Crippen LogP contribution in [0.4, 0.5) is 0 Å². The van der Waals surface area contributed by atoms with Gasteiger partial charge in [-0.25, -0.2) is 0 Å². The Hall–Kier alpha value is -0.900. The number of likely N-dealkylation sites (N-methyl/N-ethyl adjacent to an activating group) is 1. The maximum Gasteiger partial charge on any atom is 0.0359 e. The Kier molecular flexibility index (Phi) is 5.42. The highest BCUT2D eigenvalue weighted by atomic mass is 15.3. The lowest BCUT2D eigenvalue weighted by atomic mass is 9.80. The molecule has 118 valence electrons. The molecule has 2 rings (SSSR count). The third kappa shape index (κ3) is 4.06. The minimum absolute atomic E-state index is 0.0788. The molecule has 1 fully saturated rings. The molecule has 0 aliphatic carbocycles. The molecule has 1 aliphatic heterocycles. The molecule has 2 N–H and O–H groups in total. The van der Waals surface area contributed by atoms with Crippen LogP contribution >= 0.6 is 0 Å². The van der Waals surface area contributed by atoms with Gasteiger partial charge in [-0.05, 0) is 24.4 Å². The van der Waals surface area contributed by atoms with Crippen LogP contribution in [0.25, 0.3) is 0 Å². The minimum Gasteiger partial charge on any atom is -0.323 e. The Morgan fingerprint density at radius 1 is 1.24 bits per heavy atom. The van der Waals surface area contributed by atoms with Gasteiger partial charge in [0.2, 0.25) is 0 Å². The largest absolute Gasteiger partial charge is 0.323 e. The average molecular weight is 289 g/mol. The van der Waals surface area contributed by atoms with Crippen molar-refractivity contribution in [2.24, 2.45) is 11.1 Å². The number of hydrogen-bond donors (Lipinski definition) is 1. The first kappa shape index (κ1) is 16.5. The fraction of sp³-hybridized carbons (Fsp3) is 0.667. The second-order valence-corrected chi connectivity index (χ2v) is 7.09. The van der Waals surface area contributed by atoms with E-state index >= 15 is 0 Å². The third-order valence-corrected chi connectivity index (χ3v) is 4.89. The van der Waals surface area contributed by atoms with Gasteiger partial charge in [0.05, 0.1) is 0 Å². The molecule has 0 bridgehead atoms. The van der Waals surface area contributed by atoms with Gasteiger partial charge in [0.1, 0.15) is 0 Å². The van der Waals surface area contributed by atoms with Crippen molar-refractivity contribution in [2.75, 3.05) is 32.7 Å². The van der Waals surface area contributed by atoms with E-state index in [0.717, 1.165) is 26.2 Å². The van der Waals surface area contributed by atoms with Gasteiger partial charge >= 0.3 is 0 Å². The van der Waals surface area contributed by atoms with E-state index in [1.165, 1.54) is 12.1 Å². The molecule has 1 aromatic carbocycles. The summed E-state index contributed by atoms with van der Waals surface area (Å²) in [5.74, 6) is 0. The first-order chi connectivity index (χ1) is 9.94. The Morgan fingerprint density at radius 2 is 1.90 bits per heavy atom. The smallest absolute Gasteiger partial charge is 0.0359 e.